The number of aromatic nitrogens is 4. The lowest BCUT2D eigenvalue weighted by Gasteiger charge is -2.35. The summed E-state index contributed by atoms with van der Waals surface area (Å²) in [4.78, 5) is 6.96. The van der Waals surface area contributed by atoms with E-state index in [9.17, 15) is 0 Å². The van der Waals surface area contributed by atoms with Crippen molar-refractivity contribution < 1.29 is 0 Å². The summed E-state index contributed by atoms with van der Waals surface area (Å²) in [6.45, 7) is 11.1. The minimum absolute atomic E-state index is 0. The predicted octanol–water partition coefficient (Wildman–Crippen LogP) is 3.31. The Bertz CT molecular complexity index is 598. The molecular weight excluding hydrogens is 310 g/mol. The first-order valence-corrected chi connectivity index (χ1v) is 8.44. The molecule has 0 aliphatic carbocycles. The molecule has 0 spiro atoms. The highest BCUT2D eigenvalue weighted by Gasteiger charge is 2.21. The van der Waals surface area contributed by atoms with E-state index in [1.807, 2.05) is 23.4 Å². The molecule has 0 amide bonds. The van der Waals surface area contributed by atoms with Crippen molar-refractivity contribution in [3.63, 3.8) is 0 Å². The maximum absolute atomic E-state index is 4.37. The molecule has 0 aromatic carbocycles. The third-order valence-electron chi connectivity index (χ3n) is 4.87. The quantitative estimate of drug-likeness (QED) is 0.840. The average molecular weight is 338 g/mol. The van der Waals surface area contributed by atoms with Crippen LogP contribution in [0.5, 0.6) is 0 Å². The molecule has 128 valence electrons. The van der Waals surface area contributed by atoms with Gasteiger partial charge in [-0.1, -0.05) is 6.92 Å². The SMILES string of the molecule is CCn1cc(-c2cncn2CC(C)N2CCC(C)CC2)cn1.Cl. The summed E-state index contributed by atoms with van der Waals surface area (Å²) in [6.07, 6.45) is 10.6. The summed E-state index contributed by atoms with van der Waals surface area (Å²) < 4.78 is 4.22. The van der Waals surface area contributed by atoms with Crippen LogP contribution in [-0.2, 0) is 13.1 Å². The molecule has 3 rings (SSSR count). The second-order valence-corrected chi connectivity index (χ2v) is 6.58. The Balaban J connectivity index is 0.00000192. The minimum Gasteiger partial charge on any atom is -0.329 e. The van der Waals surface area contributed by atoms with E-state index in [1.165, 1.54) is 25.9 Å². The summed E-state index contributed by atoms with van der Waals surface area (Å²) in [6, 6.07) is 0.543. The van der Waals surface area contributed by atoms with Gasteiger partial charge in [-0.15, -0.1) is 12.4 Å². The van der Waals surface area contributed by atoms with Gasteiger partial charge in [0.05, 0.1) is 24.4 Å². The van der Waals surface area contributed by atoms with Crippen LogP contribution < -0.4 is 0 Å². The maximum atomic E-state index is 4.37. The average Bonchev–Trinajstić information content (AvgIpc) is 3.16. The first kappa shape index (κ1) is 18.0. The van der Waals surface area contributed by atoms with Crippen molar-refractivity contribution in [1.29, 1.82) is 0 Å². The Morgan fingerprint density at radius 2 is 2.00 bits per heavy atom. The van der Waals surface area contributed by atoms with Crippen molar-refractivity contribution in [1.82, 2.24) is 24.2 Å². The van der Waals surface area contributed by atoms with Crippen molar-refractivity contribution in [3.8, 4) is 11.3 Å². The smallest absolute Gasteiger partial charge is 0.0951 e. The van der Waals surface area contributed by atoms with Crippen LogP contribution in [0.3, 0.4) is 0 Å². The van der Waals surface area contributed by atoms with Gasteiger partial charge in [0.1, 0.15) is 0 Å². The van der Waals surface area contributed by atoms with E-state index in [4.69, 9.17) is 0 Å². The van der Waals surface area contributed by atoms with E-state index >= 15 is 0 Å². The highest BCUT2D eigenvalue weighted by atomic mass is 35.5. The van der Waals surface area contributed by atoms with E-state index in [2.05, 4.69) is 46.5 Å². The van der Waals surface area contributed by atoms with E-state index in [1.54, 1.807) is 0 Å². The predicted molar refractivity (Wildman–Crippen MR) is 95.8 cm³/mol. The lowest BCUT2D eigenvalue weighted by atomic mass is 9.98. The van der Waals surface area contributed by atoms with Gasteiger partial charge in [0.25, 0.3) is 0 Å². The number of likely N-dealkylation sites (tertiary alicyclic amines) is 1. The van der Waals surface area contributed by atoms with Crippen molar-refractivity contribution in [2.75, 3.05) is 13.1 Å². The molecule has 1 unspecified atom stereocenters. The molecule has 3 heterocycles. The largest absolute Gasteiger partial charge is 0.329 e. The first-order valence-electron chi connectivity index (χ1n) is 8.44. The third-order valence-corrected chi connectivity index (χ3v) is 4.87. The number of hydrogen-bond acceptors (Lipinski definition) is 3. The molecule has 23 heavy (non-hydrogen) atoms. The molecule has 0 saturated carbocycles. The van der Waals surface area contributed by atoms with Gasteiger partial charge in [-0.25, -0.2) is 4.98 Å². The Labute approximate surface area is 145 Å². The van der Waals surface area contributed by atoms with Gasteiger partial charge in [0.15, 0.2) is 0 Å². The molecular formula is C17H28ClN5. The van der Waals surface area contributed by atoms with Gasteiger partial charge in [-0.05, 0) is 45.7 Å². The number of piperidine rings is 1. The summed E-state index contributed by atoms with van der Waals surface area (Å²) in [5, 5.41) is 4.37. The van der Waals surface area contributed by atoms with Gasteiger partial charge in [0, 0.05) is 30.9 Å². The van der Waals surface area contributed by atoms with E-state index < -0.39 is 0 Å². The Kier molecular flexibility index (Phi) is 6.25. The van der Waals surface area contributed by atoms with Crippen molar-refractivity contribution in [2.24, 2.45) is 5.92 Å². The van der Waals surface area contributed by atoms with Gasteiger partial charge < -0.3 is 4.57 Å². The molecule has 2 aromatic rings. The number of aryl methyl sites for hydroxylation is 1. The monoisotopic (exact) mass is 337 g/mol. The van der Waals surface area contributed by atoms with Crippen LogP contribution in [0.4, 0.5) is 0 Å². The van der Waals surface area contributed by atoms with Crippen molar-refractivity contribution in [3.05, 3.63) is 24.9 Å². The standard InChI is InChI=1S/C17H27N5.ClH/c1-4-22-12-16(9-19-22)17-10-18-13-21(17)11-15(3)20-7-5-14(2)6-8-20;/h9-10,12-15H,4-8,11H2,1-3H3;1H. The van der Waals surface area contributed by atoms with Crippen LogP contribution in [0, 0.1) is 5.92 Å². The van der Waals surface area contributed by atoms with E-state index in [0.717, 1.165) is 30.3 Å². The van der Waals surface area contributed by atoms with Crippen LogP contribution in [0.2, 0.25) is 0 Å². The summed E-state index contributed by atoms with van der Waals surface area (Å²) in [7, 11) is 0. The number of rotatable bonds is 5. The lowest BCUT2D eigenvalue weighted by Crippen LogP contribution is -2.41. The fourth-order valence-electron chi connectivity index (χ4n) is 3.24. The van der Waals surface area contributed by atoms with Crippen LogP contribution in [0.1, 0.15) is 33.6 Å². The first-order chi connectivity index (χ1) is 10.7. The fraction of sp³-hybridized carbons (Fsp3) is 0.647. The maximum Gasteiger partial charge on any atom is 0.0951 e. The Morgan fingerprint density at radius 1 is 1.26 bits per heavy atom. The molecule has 0 radical (unpaired) electrons. The molecule has 1 aliphatic heterocycles. The second kappa shape index (κ2) is 7.97. The molecule has 0 N–H and O–H groups in total. The molecule has 1 saturated heterocycles. The van der Waals surface area contributed by atoms with Gasteiger partial charge in [0.2, 0.25) is 0 Å². The minimum atomic E-state index is 0. The summed E-state index contributed by atoms with van der Waals surface area (Å²) in [5.74, 6) is 0.882. The topological polar surface area (TPSA) is 38.9 Å². The van der Waals surface area contributed by atoms with Crippen LogP contribution in [0.25, 0.3) is 11.3 Å². The summed E-state index contributed by atoms with van der Waals surface area (Å²) >= 11 is 0. The second-order valence-electron chi connectivity index (χ2n) is 6.58. The zero-order valence-electron chi connectivity index (χ0n) is 14.4. The third kappa shape index (κ3) is 4.15. The molecule has 6 heteroatoms. The normalized spacial score (nSPS) is 17.9. The van der Waals surface area contributed by atoms with Crippen molar-refractivity contribution >= 4 is 12.4 Å². The molecule has 0 bridgehead atoms. The molecule has 1 fully saturated rings. The van der Waals surface area contributed by atoms with E-state index in [0.29, 0.717) is 6.04 Å². The zero-order valence-corrected chi connectivity index (χ0v) is 15.2. The Hall–Kier alpha value is -1.33. The van der Waals surface area contributed by atoms with Gasteiger partial charge >= 0.3 is 0 Å². The molecule has 1 aliphatic rings. The van der Waals surface area contributed by atoms with Crippen LogP contribution in [-0.4, -0.2) is 43.4 Å². The van der Waals surface area contributed by atoms with Crippen molar-refractivity contribution in [2.45, 2.75) is 52.7 Å². The van der Waals surface area contributed by atoms with Crippen LogP contribution in [0.15, 0.2) is 24.9 Å². The van der Waals surface area contributed by atoms with Gasteiger partial charge in [-0.2, -0.15) is 5.10 Å². The number of nitrogens with zero attached hydrogens (tertiary/aromatic N) is 5. The highest BCUT2D eigenvalue weighted by molar-refractivity contribution is 5.85. The van der Waals surface area contributed by atoms with Crippen LogP contribution >= 0.6 is 12.4 Å². The molecule has 2 aromatic heterocycles. The number of hydrogen-bond donors (Lipinski definition) is 0. The Morgan fingerprint density at radius 3 is 2.65 bits per heavy atom. The molecule has 1 atom stereocenters. The molecule has 5 nitrogen and oxygen atoms in total. The van der Waals surface area contributed by atoms with E-state index in [-0.39, 0.29) is 12.4 Å². The number of imidazole rings is 1. The highest BCUT2D eigenvalue weighted by Crippen LogP contribution is 2.22. The summed E-state index contributed by atoms with van der Waals surface area (Å²) in [5.41, 5.74) is 2.32. The number of halogens is 1. The lowest BCUT2D eigenvalue weighted by molar-refractivity contribution is 0.135. The van der Waals surface area contributed by atoms with Gasteiger partial charge in [-0.3, -0.25) is 9.58 Å². The zero-order chi connectivity index (χ0) is 15.5. The fourth-order valence-corrected chi connectivity index (χ4v) is 3.24.